The minimum Gasteiger partial charge on any atom is -0.319 e. The van der Waals surface area contributed by atoms with Gasteiger partial charge in [0.05, 0.1) is 0 Å². The van der Waals surface area contributed by atoms with Gasteiger partial charge in [-0.25, -0.2) is 0 Å². The average Bonchev–Trinajstić information content (AvgIpc) is 2.16. The lowest BCUT2D eigenvalue weighted by Crippen LogP contribution is -2.39. The molecule has 0 bridgehead atoms. The second-order valence-electron chi connectivity index (χ2n) is 4.22. The van der Waals surface area contributed by atoms with Crippen molar-refractivity contribution in [3.8, 4) is 0 Å². The zero-order valence-electron chi connectivity index (χ0n) is 9.18. The molecule has 0 amide bonds. The maximum absolute atomic E-state index is 3.29. The zero-order chi connectivity index (χ0) is 9.52. The van der Waals surface area contributed by atoms with Gasteiger partial charge in [-0.2, -0.15) is 0 Å². The van der Waals surface area contributed by atoms with E-state index in [1.807, 2.05) is 0 Å². The number of nitrogens with one attached hydrogen (secondary N) is 1. The van der Waals surface area contributed by atoms with Crippen LogP contribution in [0.1, 0.15) is 32.6 Å². The number of likely N-dealkylation sites (tertiary alicyclic amines) is 1. The van der Waals surface area contributed by atoms with Crippen molar-refractivity contribution in [2.45, 2.75) is 32.6 Å². The summed E-state index contributed by atoms with van der Waals surface area (Å²) in [6, 6.07) is 0. The fourth-order valence-electron chi connectivity index (χ4n) is 2.19. The fraction of sp³-hybridized carbons (Fsp3) is 1.00. The highest BCUT2D eigenvalue weighted by Gasteiger charge is 2.18. The van der Waals surface area contributed by atoms with Gasteiger partial charge in [0.1, 0.15) is 0 Å². The maximum atomic E-state index is 3.29. The molecule has 1 saturated heterocycles. The molecule has 0 spiro atoms. The molecule has 0 aromatic rings. The van der Waals surface area contributed by atoms with E-state index in [0.29, 0.717) is 0 Å². The quantitative estimate of drug-likeness (QED) is 0.700. The van der Waals surface area contributed by atoms with Crippen LogP contribution in [0, 0.1) is 5.92 Å². The highest BCUT2D eigenvalue weighted by atomic mass is 15.1. The first-order valence-electron chi connectivity index (χ1n) is 5.73. The molecule has 0 saturated carbocycles. The first kappa shape index (κ1) is 11.0. The molecule has 1 N–H and O–H groups in total. The van der Waals surface area contributed by atoms with Crippen LogP contribution in [0.15, 0.2) is 0 Å². The van der Waals surface area contributed by atoms with Gasteiger partial charge >= 0.3 is 0 Å². The molecule has 1 rings (SSSR count). The van der Waals surface area contributed by atoms with Crippen molar-refractivity contribution >= 4 is 0 Å². The summed E-state index contributed by atoms with van der Waals surface area (Å²) in [5.74, 6) is 0.899. The SMILES string of the molecule is CCCCN1CCCC(CNC)C1. The van der Waals surface area contributed by atoms with Crippen molar-refractivity contribution in [3.05, 3.63) is 0 Å². The highest BCUT2D eigenvalue weighted by Crippen LogP contribution is 2.15. The summed E-state index contributed by atoms with van der Waals surface area (Å²) >= 11 is 0. The van der Waals surface area contributed by atoms with Crippen LogP contribution < -0.4 is 5.32 Å². The van der Waals surface area contributed by atoms with E-state index in [1.54, 1.807) is 0 Å². The minimum atomic E-state index is 0.899. The molecule has 2 heteroatoms. The van der Waals surface area contributed by atoms with Crippen molar-refractivity contribution in [1.82, 2.24) is 10.2 Å². The molecule has 78 valence electrons. The van der Waals surface area contributed by atoms with E-state index < -0.39 is 0 Å². The Morgan fingerprint density at radius 3 is 3.00 bits per heavy atom. The molecule has 0 radical (unpaired) electrons. The number of piperidine rings is 1. The standard InChI is InChI=1S/C11H24N2/c1-3-4-7-13-8-5-6-11(10-13)9-12-2/h11-12H,3-10H2,1-2H3. The fourth-order valence-corrected chi connectivity index (χ4v) is 2.19. The van der Waals surface area contributed by atoms with Gasteiger partial charge in [0.2, 0.25) is 0 Å². The highest BCUT2D eigenvalue weighted by molar-refractivity contribution is 4.73. The van der Waals surface area contributed by atoms with Crippen molar-refractivity contribution in [1.29, 1.82) is 0 Å². The summed E-state index contributed by atoms with van der Waals surface area (Å²) in [6.07, 6.45) is 5.51. The van der Waals surface area contributed by atoms with Gasteiger partial charge in [-0.3, -0.25) is 0 Å². The van der Waals surface area contributed by atoms with Gasteiger partial charge in [0, 0.05) is 6.54 Å². The Balaban J connectivity index is 2.16. The summed E-state index contributed by atoms with van der Waals surface area (Å²) in [5.41, 5.74) is 0. The van der Waals surface area contributed by atoms with E-state index in [4.69, 9.17) is 0 Å². The molecule has 1 aliphatic heterocycles. The molecule has 1 unspecified atom stereocenters. The maximum Gasteiger partial charge on any atom is 0.00218 e. The molecule has 0 aromatic carbocycles. The number of hydrogen-bond donors (Lipinski definition) is 1. The molecule has 0 aliphatic carbocycles. The second kappa shape index (κ2) is 6.39. The number of nitrogens with zero attached hydrogens (tertiary/aromatic N) is 1. The number of hydrogen-bond acceptors (Lipinski definition) is 2. The van der Waals surface area contributed by atoms with Crippen LogP contribution in [-0.4, -0.2) is 38.1 Å². The van der Waals surface area contributed by atoms with Crippen LogP contribution in [-0.2, 0) is 0 Å². The first-order valence-corrected chi connectivity index (χ1v) is 5.73. The summed E-state index contributed by atoms with van der Waals surface area (Å²) in [5, 5.41) is 3.29. The van der Waals surface area contributed by atoms with Crippen LogP contribution in [0.2, 0.25) is 0 Å². The first-order chi connectivity index (χ1) is 6.36. The lowest BCUT2D eigenvalue weighted by atomic mass is 9.98. The normalized spacial score (nSPS) is 24.9. The molecule has 1 fully saturated rings. The van der Waals surface area contributed by atoms with Gasteiger partial charge in [0.15, 0.2) is 0 Å². The van der Waals surface area contributed by atoms with E-state index in [9.17, 15) is 0 Å². The average molecular weight is 184 g/mol. The van der Waals surface area contributed by atoms with Crippen molar-refractivity contribution in [3.63, 3.8) is 0 Å². The van der Waals surface area contributed by atoms with Crippen molar-refractivity contribution in [2.75, 3.05) is 33.2 Å². The third-order valence-electron chi connectivity index (χ3n) is 2.92. The summed E-state index contributed by atoms with van der Waals surface area (Å²) in [6.45, 7) is 7.44. The second-order valence-corrected chi connectivity index (χ2v) is 4.22. The van der Waals surface area contributed by atoms with E-state index >= 15 is 0 Å². The summed E-state index contributed by atoms with van der Waals surface area (Å²) < 4.78 is 0. The monoisotopic (exact) mass is 184 g/mol. The lowest BCUT2D eigenvalue weighted by molar-refractivity contribution is 0.172. The van der Waals surface area contributed by atoms with Crippen LogP contribution >= 0.6 is 0 Å². The van der Waals surface area contributed by atoms with Crippen LogP contribution in [0.4, 0.5) is 0 Å². The zero-order valence-corrected chi connectivity index (χ0v) is 9.18. The smallest absolute Gasteiger partial charge is 0.00218 e. The van der Waals surface area contributed by atoms with Crippen LogP contribution in [0.25, 0.3) is 0 Å². The molecule has 1 aliphatic rings. The van der Waals surface area contributed by atoms with Crippen molar-refractivity contribution in [2.24, 2.45) is 5.92 Å². The van der Waals surface area contributed by atoms with Crippen LogP contribution in [0.5, 0.6) is 0 Å². The third kappa shape index (κ3) is 4.10. The molecule has 2 nitrogen and oxygen atoms in total. The van der Waals surface area contributed by atoms with E-state index in [-0.39, 0.29) is 0 Å². The Kier molecular flexibility index (Phi) is 5.40. The van der Waals surface area contributed by atoms with E-state index in [0.717, 1.165) is 5.92 Å². The van der Waals surface area contributed by atoms with Crippen molar-refractivity contribution < 1.29 is 0 Å². The van der Waals surface area contributed by atoms with Crippen LogP contribution in [0.3, 0.4) is 0 Å². The van der Waals surface area contributed by atoms with Gasteiger partial charge in [-0.05, 0) is 51.9 Å². The van der Waals surface area contributed by atoms with Gasteiger partial charge < -0.3 is 10.2 Å². The molecule has 0 aromatic heterocycles. The van der Waals surface area contributed by atoms with Gasteiger partial charge in [-0.1, -0.05) is 13.3 Å². The Morgan fingerprint density at radius 2 is 2.31 bits per heavy atom. The predicted octanol–water partition coefficient (Wildman–Crippen LogP) is 1.72. The lowest BCUT2D eigenvalue weighted by Gasteiger charge is -2.32. The van der Waals surface area contributed by atoms with Gasteiger partial charge in [0.25, 0.3) is 0 Å². The Morgan fingerprint density at radius 1 is 1.46 bits per heavy atom. The summed E-state index contributed by atoms with van der Waals surface area (Å²) in [4.78, 5) is 2.63. The Hall–Kier alpha value is -0.0800. The van der Waals surface area contributed by atoms with E-state index in [1.165, 1.54) is 51.9 Å². The topological polar surface area (TPSA) is 15.3 Å². The van der Waals surface area contributed by atoms with E-state index in [2.05, 4.69) is 24.2 Å². The van der Waals surface area contributed by atoms with Gasteiger partial charge in [-0.15, -0.1) is 0 Å². The largest absolute Gasteiger partial charge is 0.319 e. The number of unbranched alkanes of at least 4 members (excludes halogenated alkanes) is 1. The Labute approximate surface area is 82.7 Å². The predicted molar refractivity (Wildman–Crippen MR) is 58.0 cm³/mol. The number of rotatable bonds is 5. The molecular formula is C11H24N2. The molecule has 13 heavy (non-hydrogen) atoms. The molecule has 1 atom stereocenters. The molecular weight excluding hydrogens is 160 g/mol. The Bertz CT molecular complexity index is 123. The molecule has 1 heterocycles. The summed E-state index contributed by atoms with van der Waals surface area (Å²) in [7, 11) is 2.06. The minimum absolute atomic E-state index is 0.899. The third-order valence-corrected chi connectivity index (χ3v) is 2.92.